The maximum atomic E-state index is 12.6. The maximum Gasteiger partial charge on any atom is 0.475 e. The Bertz CT molecular complexity index is 640. The van der Waals surface area contributed by atoms with Gasteiger partial charge in [-0.1, -0.05) is 13.0 Å². The number of carbonyl (C=O) groups excluding carboxylic acids is 2. The van der Waals surface area contributed by atoms with Gasteiger partial charge in [-0.25, -0.2) is 4.57 Å². The molecule has 1 N–H and O–H groups in total. The van der Waals surface area contributed by atoms with E-state index in [1.165, 1.54) is 7.11 Å². The number of aromatic nitrogens is 1. The quantitative estimate of drug-likeness (QED) is 0.565. The number of ether oxygens (including phenoxy) is 1. The van der Waals surface area contributed by atoms with Crippen LogP contribution in [0, 0.1) is 5.92 Å². The van der Waals surface area contributed by atoms with Gasteiger partial charge in [-0.2, -0.15) is 0 Å². The van der Waals surface area contributed by atoms with Gasteiger partial charge in [-0.05, 0) is 11.6 Å². The van der Waals surface area contributed by atoms with E-state index in [4.69, 9.17) is 13.6 Å². The Morgan fingerprint density at radius 3 is 2.96 bits per heavy atom. The van der Waals surface area contributed by atoms with Crippen LogP contribution in [-0.2, 0) is 39.1 Å². The highest BCUT2D eigenvalue weighted by atomic mass is 31.2. The van der Waals surface area contributed by atoms with Crippen LogP contribution in [0.1, 0.15) is 18.9 Å². The van der Waals surface area contributed by atoms with Crippen molar-refractivity contribution in [3.05, 3.63) is 30.1 Å². The zero-order valence-electron chi connectivity index (χ0n) is 14.0. The number of hydrogen-bond donors (Lipinski definition) is 1. The second-order valence-corrected chi connectivity index (χ2v) is 7.12. The van der Waals surface area contributed by atoms with Crippen LogP contribution in [0.2, 0.25) is 0 Å². The predicted octanol–water partition coefficient (Wildman–Crippen LogP) is 1.44. The van der Waals surface area contributed by atoms with Crippen molar-refractivity contribution < 1.29 is 32.5 Å². The van der Waals surface area contributed by atoms with Crippen LogP contribution in [0.4, 0.5) is 0 Å². The summed E-state index contributed by atoms with van der Waals surface area (Å²) in [6, 6.07) is 3.47. The summed E-state index contributed by atoms with van der Waals surface area (Å²) in [4.78, 5) is 27.2. The van der Waals surface area contributed by atoms with Crippen LogP contribution in [0.5, 0.6) is 0 Å². The average molecular weight is 372 g/mol. The Kier molecular flexibility index (Phi) is 7.07. The fourth-order valence-electron chi connectivity index (χ4n) is 2.07. The lowest BCUT2D eigenvalue weighted by Gasteiger charge is -2.32. The van der Waals surface area contributed by atoms with Crippen LogP contribution in [-0.4, -0.2) is 43.2 Å². The molecular formula is C15H21N2O7P. The van der Waals surface area contributed by atoms with E-state index in [1.54, 1.807) is 31.5 Å². The summed E-state index contributed by atoms with van der Waals surface area (Å²) in [5, 5.41) is 2.55. The van der Waals surface area contributed by atoms with Gasteiger partial charge in [0.05, 0.1) is 26.7 Å². The van der Waals surface area contributed by atoms with Crippen LogP contribution >= 0.6 is 7.82 Å². The molecule has 0 radical (unpaired) electrons. The van der Waals surface area contributed by atoms with Crippen LogP contribution in [0.15, 0.2) is 24.5 Å². The highest BCUT2D eigenvalue weighted by Crippen LogP contribution is 2.55. The second-order valence-electron chi connectivity index (χ2n) is 5.50. The first-order valence-corrected chi connectivity index (χ1v) is 9.20. The van der Waals surface area contributed by atoms with Gasteiger partial charge in [0.15, 0.2) is 6.10 Å². The number of nitrogens with one attached hydrogen (secondary N) is 1. The van der Waals surface area contributed by atoms with Gasteiger partial charge >= 0.3 is 13.8 Å². The van der Waals surface area contributed by atoms with Crippen LogP contribution in [0.3, 0.4) is 0 Å². The number of phosphoric acid groups is 1. The largest absolute Gasteiger partial charge is 0.475 e. The van der Waals surface area contributed by atoms with E-state index in [1.807, 2.05) is 0 Å². The van der Waals surface area contributed by atoms with Crippen LogP contribution < -0.4 is 5.32 Å². The molecule has 0 aliphatic carbocycles. The molecule has 3 atom stereocenters. The molecule has 0 bridgehead atoms. The molecule has 1 aromatic rings. The molecule has 9 nitrogen and oxygen atoms in total. The van der Waals surface area contributed by atoms with Gasteiger partial charge in [-0.15, -0.1) is 0 Å². The predicted molar refractivity (Wildman–Crippen MR) is 86.3 cm³/mol. The number of carbonyl (C=O) groups is 2. The lowest BCUT2D eigenvalue weighted by Crippen LogP contribution is -2.44. The topological polar surface area (TPSA) is 113 Å². The summed E-state index contributed by atoms with van der Waals surface area (Å²) < 4.78 is 32.8. The van der Waals surface area contributed by atoms with Gasteiger partial charge in [-0.3, -0.25) is 28.1 Å². The number of hydrogen-bond acceptors (Lipinski definition) is 8. The number of phosphoric ester groups is 1. The molecule has 1 aliphatic rings. The van der Waals surface area contributed by atoms with Crippen molar-refractivity contribution >= 4 is 19.7 Å². The van der Waals surface area contributed by atoms with E-state index in [-0.39, 0.29) is 32.1 Å². The molecule has 1 aromatic heterocycles. The number of pyridine rings is 1. The van der Waals surface area contributed by atoms with Crippen LogP contribution in [0.25, 0.3) is 0 Å². The summed E-state index contributed by atoms with van der Waals surface area (Å²) in [5.74, 6) is -1.24. The van der Waals surface area contributed by atoms with E-state index in [2.05, 4.69) is 15.0 Å². The highest BCUT2D eigenvalue weighted by molar-refractivity contribution is 7.48. The Morgan fingerprint density at radius 1 is 1.48 bits per heavy atom. The van der Waals surface area contributed by atoms with Gasteiger partial charge in [0, 0.05) is 24.9 Å². The third kappa shape index (κ3) is 5.89. The maximum absolute atomic E-state index is 12.6. The standard InChI is InChI=1S/C15H21N2O7P/c1-11-9-22-25(20,23-10-12-4-3-6-16-8-12)24-14(11)15(19)17-7-5-13(18)21-2/h3-4,6,8,11,14H,5,7,9-10H2,1-2H3,(H,17,19)/t11?,14-,25-/m1/s1. The fraction of sp³-hybridized carbons (Fsp3) is 0.533. The number of esters is 1. The van der Waals surface area contributed by atoms with Crippen molar-refractivity contribution in [2.45, 2.75) is 26.1 Å². The molecule has 2 heterocycles. The highest BCUT2D eigenvalue weighted by Gasteiger charge is 2.42. The number of rotatable bonds is 7. The summed E-state index contributed by atoms with van der Waals surface area (Å²) >= 11 is 0. The summed E-state index contributed by atoms with van der Waals surface area (Å²) in [7, 11) is -2.60. The summed E-state index contributed by atoms with van der Waals surface area (Å²) in [6.07, 6.45) is 2.21. The number of methoxy groups -OCH3 is 1. The van der Waals surface area contributed by atoms with E-state index < -0.39 is 25.8 Å². The molecule has 1 saturated heterocycles. The average Bonchev–Trinajstić information content (AvgIpc) is 2.63. The van der Waals surface area contributed by atoms with Crippen molar-refractivity contribution in [2.75, 3.05) is 20.3 Å². The molecule has 25 heavy (non-hydrogen) atoms. The fourth-order valence-corrected chi connectivity index (χ4v) is 3.57. The van der Waals surface area contributed by atoms with Crippen molar-refractivity contribution in [1.29, 1.82) is 0 Å². The van der Waals surface area contributed by atoms with Crippen molar-refractivity contribution in [3.63, 3.8) is 0 Å². The number of nitrogens with zero attached hydrogens (tertiary/aromatic N) is 1. The summed E-state index contributed by atoms with van der Waals surface area (Å²) in [6.45, 7) is 1.87. The lowest BCUT2D eigenvalue weighted by molar-refractivity contribution is -0.141. The minimum absolute atomic E-state index is 0.0177. The molecule has 1 fully saturated rings. The molecule has 1 unspecified atom stereocenters. The lowest BCUT2D eigenvalue weighted by atomic mass is 10.1. The molecule has 0 saturated carbocycles. The zero-order valence-corrected chi connectivity index (χ0v) is 14.9. The smallest absolute Gasteiger partial charge is 0.469 e. The Morgan fingerprint density at radius 2 is 2.28 bits per heavy atom. The second kappa shape index (κ2) is 9.05. The first-order chi connectivity index (χ1) is 11.9. The SMILES string of the molecule is COC(=O)CCNC(=O)[C@@H]1O[P@@](=O)(OCc2cccnc2)OCC1C. The van der Waals surface area contributed by atoms with Gasteiger partial charge < -0.3 is 10.1 Å². The third-order valence-corrected chi connectivity index (χ3v) is 4.88. The zero-order chi connectivity index (χ0) is 18.3. The van der Waals surface area contributed by atoms with E-state index in [0.717, 1.165) is 0 Å². The number of amides is 1. The van der Waals surface area contributed by atoms with Crippen molar-refractivity contribution in [3.8, 4) is 0 Å². The monoisotopic (exact) mass is 372 g/mol. The first kappa shape index (κ1) is 19.5. The molecule has 138 valence electrons. The molecule has 1 amide bonds. The third-order valence-electron chi connectivity index (χ3n) is 3.48. The van der Waals surface area contributed by atoms with E-state index in [9.17, 15) is 14.2 Å². The molecule has 10 heteroatoms. The van der Waals surface area contributed by atoms with E-state index in [0.29, 0.717) is 5.56 Å². The van der Waals surface area contributed by atoms with Gasteiger partial charge in [0.25, 0.3) is 0 Å². The van der Waals surface area contributed by atoms with E-state index >= 15 is 0 Å². The normalized spacial score (nSPS) is 26.0. The van der Waals surface area contributed by atoms with Gasteiger partial charge in [0.2, 0.25) is 5.91 Å². The van der Waals surface area contributed by atoms with Gasteiger partial charge in [0.1, 0.15) is 0 Å². The Labute approximate surface area is 145 Å². The summed E-state index contributed by atoms with van der Waals surface area (Å²) in [5.41, 5.74) is 0.697. The molecular weight excluding hydrogens is 351 g/mol. The Hall–Kier alpha value is -1.80. The first-order valence-electron chi connectivity index (χ1n) is 7.74. The Balaban J connectivity index is 1.89. The van der Waals surface area contributed by atoms with Crippen molar-refractivity contribution in [2.24, 2.45) is 5.92 Å². The van der Waals surface area contributed by atoms with Crippen molar-refractivity contribution in [1.82, 2.24) is 10.3 Å². The molecule has 2 rings (SSSR count). The minimum Gasteiger partial charge on any atom is -0.469 e. The molecule has 1 aliphatic heterocycles. The molecule has 0 aromatic carbocycles. The molecule has 0 spiro atoms. The minimum atomic E-state index is -3.86.